The lowest BCUT2D eigenvalue weighted by molar-refractivity contribution is -0.117. The lowest BCUT2D eigenvalue weighted by Crippen LogP contribution is -2.45. The average molecular weight is 470 g/mol. The molecule has 1 heterocycles. The molecule has 7 heteroatoms. The largest absolute Gasteiger partial charge is 0.307 e. The third kappa shape index (κ3) is 3.82. The number of anilines is 2. The van der Waals surface area contributed by atoms with Gasteiger partial charge in [-0.05, 0) is 71.8 Å². The van der Waals surface area contributed by atoms with E-state index in [9.17, 15) is 13.2 Å². The number of amides is 1. The molecule has 0 saturated heterocycles. The topological polar surface area (TPSA) is 57.7 Å². The number of para-hydroxylation sites is 1. The molecule has 0 bridgehead atoms. The first kappa shape index (κ1) is 18.2. The molecule has 0 aromatic heterocycles. The fraction of sp³-hybridized carbons (Fsp3) is 0.278. The van der Waals surface area contributed by atoms with Crippen LogP contribution >= 0.6 is 22.6 Å². The molecule has 0 N–H and O–H groups in total. The van der Waals surface area contributed by atoms with Gasteiger partial charge >= 0.3 is 0 Å². The molecule has 0 radical (unpaired) electrons. The second-order valence-electron chi connectivity index (χ2n) is 6.19. The standard InChI is InChI=1S/C18H19IN2O3S/c1-13-11-14-5-3-4-6-17(14)21(13)18(22)12-20(25(2,23)24)16-9-7-15(19)8-10-16/h3-10,13H,11-12H2,1-2H3. The summed E-state index contributed by atoms with van der Waals surface area (Å²) in [5.41, 5.74) is 2.48. The summed E-state index contributed by atoms with van der Waals surface area (Å²) in [6.07, 6.45) is 1.91. The van der Waals surface area contributed by atoms with E-state index in [0.717, 1.165) is 27.5 Å². The first-order valence-corrected chi connectivity index (χ1v) is 10.8. The third-order valence-corrected chi connectivity index (χ3v) is 6.13. The van der Waals surface area contributed by atoms with Crippen molar-refractivity contribution in [1.29, 1.82) is 0 Å². The van der Waals surface area contributed by atoms with Gasteiger partial charge in [0, 0.05) is 15.3 Å². The minimum Gasteiger partial charge on any atom is -0.307 e. The number of fused-ring (bicyclic) bond motifs is 1. The van der Waals surface area contributed by atoms with Crippen molar-refractivity contribution in [1.82, 2.24) is 0 Å². The first-order valence-electron chi connectivity index (χ1n) is 7.90. The number of hydrogen-bond acceptors (Lipinski definition) is 3. The van der Waals surface area contributed by atoms with Crippen molar-refractivity contribution in [3.8, 4) is 0 Å². The number of carbonyl (C=O) groups is 1. The smallest absolute Gasteiger partial charge is 0.248 e. The van der Waals surface area contributed by atoms with E-state index in [1.807, 2.05) is 43.3 Å². The van der Waals surface area contributed by atoms with Crippen LogP contribution < -0.4 is 9.21 Å². The fourth-order valence-electron chi connectivity index (χ4n) is 3.15. The maximum Gasteiger partial charge on any atom is 0.248 e. The van der Waals surface area contributed by atoms with Crippen LogP contribution in [0.5, 0.6) is 0 Å². The summed E-state index contributed by atoms with van der Waals surface area (Å²) in [6.45, 7) is 1.77. The zero-order valence-electron chi connectivity index (χ0n) is 14.0. The molecule has 0 fully saturated rings. The maximum atomic E-state index is 12.9. The highest BCUT2D eigenvalue weighted by Crippen LogP contribution is 2.32. The van der Waals surface area contributed by atoms with Crippen LogP contribution in [0.2, 0.25) is 0 Å². The van der Waals surface area contributed by atoms with Gasteiger partial charge in [-0.2, -0.15) is 0 Å². The zero-order chi connectivity index (χ0) is 18.2. The second-order valence-corrected chi connectivity index (χ2v) is 9.34. The van der Waals surface area contributed by atoms with Crippen molar-refractivity contribution in [2.45, 2.75) is 19.4 Å². The molecule has 1 aliphatic heterocycles. The van der Waals surface area contributed by atoms with Gasteiger partial charge < -0.3 is 4.90 Å². The Morgan fingerprint density at radius 1 is 1.20 bits per heavy atom. The number of hydrogen-bond donors (Lipinski definition) is 0. The molecule has 25 heavy (non-hydrogen) atoms. The van der Waals surface area contributed by atoms with Gasteiger partial charge in [-0.25, -0.2) is 8.42 Å². The summed E-state index contributed by atoms with van der Waals surface area (Å²) in [4.78, 5) is 14.6. The molecule has 132 valence electrons. The monoisotopic (exact) mass is 470 g/mol. The number of benzene rings is 2. The van der Waals surface area contributed by atoms with Crippen LogP contribution in [0.4, 0.5) is 11.4 Å². The molecule has 3 rings (SSSR count). The van der Waals surface area contributed by atoms with Gasteiger partial charge in [-0.3, -0.25) is 9.10 Å². The van der Waals surface area contributed by atoms with Crippen molar-refractivity contribution in [2.24, 2.45) is 0 Å². The van der Waals surface area contributed by atoms with Crippen LogP contribution in [-0.2, 0) is 21.2 Å². The van der Waals surface area contributed by atoms with E-state index in [2.05, 4.69) is 22.6 Å². The molecule has 1 atom stereocenters. The van der Waals surface area contributed by atoms with E-state index in [4.69, 9.17) is 0 Å². The van der Waals surface area contributed by atoms with Crippen molar-refractivity contribution >= 4 is 49.9 Å². The van der Waals surface area contributed by atoms with E-state index < -0.39 is 10.0 Å². The van der Waals surface area contributed by atoms with Crippen LogP contribution in [0.1, 0.15) is 12.5 Å². The quantitative estimate of drug-likeness (QED) is 0.646. The average Bonchev–Trinajstić information content (AvgIpc) is 2.88. The van der Waals surface area contributed by atoms with Crippen LogP contribution in [0.3, 0.4) is 0 Å². The van der Waals surface area contributed by atoms with Crippen molar-refractivity contribution in [3.63, 3.8) is 0 Å². The number of carbonyl (C=O) groups excluding carboxylic acids is 1. The molecule has 2 aromatic carbocycles. The van der Waals surface area contributed by atoms with Gasteiger partial charge in [0.1, 0.15) is 6.54 Å². The highest BCUT2D eigenvalue weighted by molar-refractivity contribution is 14.1. The van der Waals surface area contributed by atoms with Crippen LogP contribution in [0.15, 0.2) is 48.5 Å². The number of halogens is 1. The minimum absolute atomic E-state index is 0.0167. The Morgan fingerprint density at radius 3 is 2.48 bits per heavy atom. The van der Waals surface area contributed by atoms with Gasteiger partial charge in [0.05, 0.1) is 11.9 Å². The van der Waals surface area contributed by atoms with Crippen LogP contribution in [0.25, 0.3) is 0 Å². The van der Waals surface area contributed by atoms with Gasteiger partial charge in [0.25, 0.3) is 0 Å². The molecule has 0 saturated carbocycles. The Bertz CT molecular complexity index is 897. The summed E-state index contributed by atoms with van der Waals surface area (Å²) in [5.74, 6) is -0.221. The van der Waals surface area contributed by atoms with E-state index in [-0.39, 0.29) is 18.5 Å². The van der Waals surface area contributed by atoms with E-state index in [0.29, 0.717) is 5.69 Å². The normalized spacial score (nSPS) is 16.6. The zero-order valence-corrected chi connectivity index (χ0v) is 17.0. The van der Waals surface area contributed by atoms with Crippen molar-refractivity contribution < 1.29 is 13.2 Å². The van der Waals surface area contributed by atoms with E-state index >= 15 is 0 Å². The summed E-state index contributed by atoms with van der Waals surface area (Å²) in [7, 11) is -3.57. The number of sulfonamides is 1. The van der Waals surface area contributed by atoms with Gasteiger partial charge in [-0.1, -0.05) is 18.2 Å². The Hall–Kier alpha value is -1.61. The van der Waals surface area contributed by atoms with Crippen molar-refractivity contribution in [3.05, 3.63) is 57.7 Å². The first-order chi connectivity index (χ1) is 11.8. The summed E-state index contributed by atoms with van der Waals surface area (Å²) in [6, 6.07) is 14.9. The van der Waals surface area contributed by atoms with Gasteiger partial charge in [-0.15, -0.1) is 0 Å². The maximum absolute atomic E-state index is 12.9. The van der Waals surface area contributed by atoms with Crippen molar-refractivity contribution in [2.75, 3.05) is 22.0 Å². The van der Waals surface area contributed by atoms with Crippen LogP contribution in [-0.4, -0.2) is 33.2 Å². The summed E-state index contributed by atoms with van der Waals surface area (Å²) >= 11 is 2.16. The third-order valence-electron chi connectivity index (χ3n) is 4.27. The predicted molar refractivity (Wildman–Crippen MR) is 108 cm³/mol. The Kier molecular flexibility index (Phi) is 5.06. The molecular formula is C18H19IN2O3S. The number of rotatable bonds is 4. The second kappa shape index (κ2) is 6.95. The van der Waals surface area contributed by atoms with E-state index in [1.54, 1.807) is 17.0 Å². The molecule has 0 aliphatic carbocycles. The molecule has 0 spiro atoms. The lowest BCUT2D eigenvalue weighted by Gasteiger charge is -2.28. The summed E-state index contributed by atoms with van der Waals surface area (Å²) in [5, 5.41) is 0. The van der Waals surface area contributed by atoms with Gasteiger partial charge in [0.15, 0.2) is 0 Å². The highest BCUT2D eigenvalue weighted by atomic mass is 127. The Labute approximate surface area is 161 Å². The predicted octanol–water partition coefficient (Wildman–Crippen LogP) is 3.04. The minimum atomic E-state index is -3.57. The molecule has 5 nitrogen and oxygen atoms in total. The fourth-order valence-corrected chi connectivity index (χ4v) is 4.36. The molecule has 1 aliphatic rings. The van der Waals surface area contributed by atoms with E-state index in [1.165, 1.54) is 4.31 Å². The lowest BCUT2D eigenvalue weighted by atomic mass is 10.1. The Balaban J connectivity index is 1.90. The summed E-state index contributed by atoms with van der Waals surface area (Å²) < 4.78 is 26.7. The SMILES string of the molecule is CC1Cc2ccccc2N1C(=O)CN(c1ccc(I)cc1)S(C)(=O)=O. The van der Waals surface area contributed by atoms with Crippen LogP contribution in [0, 0.1) is 3.57 Å². The number of nitrogens with zero attached hydrogens (tertiary/aromatic N) is 2. The molecule has 1 amide bonds. The Morgan fingerprint density at radius 2 is 1.84 bits per heavy atom. The molecule has 2 aromatic rings. The highest BCUT2D eigenvalue weighted by Gasteiger charge is 2.32. The molecular weight excluding hydrogens is 451 g/mol. The van der Waals surface area contributed by atoms with Gasteiger partial charge in [0.2, 0.25) is 15.9 Å². The molecule has 1 unspecified atom stereocenters.